The van der Waals surface area contributed by atoms with Gasteiger partial charge in [-0.05, 0) is 23.4 Å². The van der Waals surface area contributed by atoms with Gasteiger partial charge in [0.25, 0.3) is 5.91 Å². The van der Waals surface area contributed by atoms with Gasteiger partial charge in [0.05, 0.1) is 6.21 Å². The standard InChI is InChI=1S/C16H15N3O2S/c1-2-16(12-7-4-3-5-8-12)14(20)19(15(21)18-16)17-11-13-9-6-10-22-13/h3-11H,2H2,1H3,(H,18,21)/b17-11-/t16-/m1/s1. The van der Waals surface area contributed by atoms with Crippen LogP contribution in [-0.4, -0.2) is 23.2 Å². The summed E-state index contributed by atoms with van der Waals surface area (Å²) < 4.78 is 0. The van der Waals surface area contributed by atoms with Crippen LogP contribution in [0.4, 0.5) is 4.79 Å². The number of thiophene rings is 1. The molecule has 1 fully saturated rings. The summed E-state index contributed by atoms with van der Waals surface area (Å²) in [4.78, 5) is 25.8. The summed E-state index contributed by atoms with van der Waals surface area (Å²) >= 11 is 1.49. The van der Waals surface area contributed by atoms with Crippen LogP contribution in [0, 0.1) is 0 Å². The van der Waals surface area contributed by atoms with E-state index in [1.165, 1.54) is 17.6 Å². The van der Waals surface area contributed by atoms with Gasteiger partial charge < -0.3 is 5.32 Å². The van der Waals surface area contributed by atoms with E-state index in [4.69, 9.17) is 0 Å². The molecule has 1 aromatic heterocycles. The minimum absolute atomic E-state index is 0.348. The first-order chi connectivity index (χ1) is 10.7. The van der Waals surface area contributed by atoms with Crippen molar-refractivity contribution in [3.8, 4) is 0 Å². The minimum Gasteiger partial charge on any atom is -0.318 e. The third-order valence-electron chi connectivity index (χ3n) is 3.71. The van der Waals surface area contributed by atoms with E-state index in [1.54, 1.807) is 0 Å². The second kappa shape index (κ2) is 5.73. The molecule has 2 aromatic rings. The van der Waals surface area contributed by atoms with E-state index < -0.39 is 11.6 Å². The zero-order valence-electron chi connectivity index (χ0n) is 12.0. The molecule has 22 heavy (non-hydrogen) atoms. The molecule has 2 heterocycles. The van der Waals surface area contributed by atoms with Crippen molar-refractivity contribution >= 4 is 29.5 Å². The molecule has 0 saturated carbocycles. The number of urea groups is 1. The fourth-order valence-corrected chi connectivity index (χ4v) is 3.09. The number of nitrogens with one attached hydrogen (secondary N) is 1. The van der Waals surface area contributed by atoms with E-state index in [-0.39, 0.29) is 5.91 Å². The maximum Gasteiger partial charge on any atom is 0.346 e. The lowest BCUT2D eigenvalue weighted by Crippen LogP contribution is -2.43. The predicted molar refractivity (Wildman–Crippen MR) is 85.7 cm³/mol. The summed E-state index contributed by atoms with van der Waals surface area (Å²) in [5, 5.41) is 9.67. The summed E-state index contributed by atoms with van der Waals surface area (Å²) in [7, 11) is 0. The van der Waals surface area contributed by atoms with Crippen molar-refractivity contribution in [2.24, 2.45) is 5.10 Å². The van der Waals surface area contributed by atoms with Gasteiger partial charge in [0.15, 0.2) is 0 Å². The van der Waals surface area contributed by atoms with Crippen molar-refractivity contribution in [2.45, 2.75) is 18.9 Å². The molecule has 6 heteroatoms. The molecule has 0 unspecified atom stereocenters. The third-order valence-corrected chi connectivity index (χ3v) is 4.52. The highest BCUT2D eigenvalue weighted by Gasteiger charge is 2.51. The molecule has 0 radical (unpaired) electrons. The van der Waals surface area contributed by atoms with Crippen LogP contribution >= 0.6 is 11.3 Å². The molecule has 1 saturated heterocycles. The largest absolute Gasteiger partial charge is 0.346 e. The topological polar surface area (TPSA) is 61.8 Å². The fourth-order valence-electron chi connectivity index (χ4n) is 2.51. The van der Waals surface area contributed by atoms with Crippen LogP contribution in [0.15, 0.2) is 52.9 Å². The molecule has 0 spiro atoms. The molecule has 112 valence electrons. The van der Waals surface area contributed by atoms with Crippen molar-refractivity contribution in [3.63, 3.8) is 0 Å². The number of carbonyl (C=O) groups excluding carboxylic acids is 2. The number of rotatable bonds is 4. The van der Waals surface area contributed by atoms with Crippen molar-refractivity contribution in [3.05, 3.63) is 58.3 Å². The molecule has 3 amide bonds. The molecule has 0 bridgehead atoms. The Morgan fingerprint density at radius 3 is 2.64 bits per heavy atom. The second-order valence-electron chi connectivity index (χ2n) is 4.93. The van der Waals surface area contributed by atoms with Crippen LogP contribution < -0.4 is 5.32 Å². The van der Waals surface area contributed by atoms with E-state index in [2.05, 4.69) is 10.4 Å². The monoisotopic (exact) mass is 313 g/mol. The van der Waals surface area contributed by atoms with E-state index >= 15 is 0 Å². The number of carbonyl (C=O) groups is 2. The summed E-state index contributed by atoms with van der Waals surface area (Å²) in [6.07, 6.45) is 1.99. The molecule has 0 aliphatic carbocycles. The zero-order valence-corrected chi connectivity index (χ0v) is 12.8. The maximum absolute atomic E-state index is 12.8. The quantitative estimate of drug-likeness (QED) is 0.697. The molecule has 1 aliphatic rings. The van der Waals surface area contributed by atoms with Crippen LogP contribution in [0.3, 0.4) is 0 Å². The van der Waals surface area contributed by atoms with Crippen LogP contribution in [0.5, 0.6) is 0 Å². The average Bonchev–Trinajstić information content (AvgIpc) is 3.14. The SMILES string of the molecule is CC[C@]1(c2ccccc2)NC(=O)N(/N=C\c2cccs2)C1=O. The Morgan fingerprint density at radius 1 is 1.23 bits per heavy atom. The Kier molecular flexibility index (Phi) is 3.77. The lowest BCUT2D eigenvalue weighted by atomic mass is 9.87. The van der Waals surface area contributed by atoms with Crippen molar-refractivity contribution in [1.82, 2.24) is 10.3 Å². The van der Waals surface area contributed by atoms with Gasteiger partial charge in [0.1, 0.15) is 5.54 Å². The van der Waals surface area contributed by atoms with E-state index in [0.29, 0.717) is 6.42 Å². The summed E-state index contributed by atoms with van der Waals surface area (Å²) in [6, 6.07) is 12.5. The Morgan fingerprint density at radius 2 is 2.00 bits per heavy atom. The van der Waals surface area contributed by atoms with Gasteiger partial charge in [-0.3, -0.25) is 4.79 Å². The average molecular weight is 313 g/mol. The maximum atomic E-state index is 12.8. The smallest absolute Gasteiger partial charge is 0.318 e. The number of imide groups is 1. The van der Waals surface area contributed by atoms with Crippen molar-refractivity contribution < 1.29 is 9.59 Å². The number of benzene rings is 1. The highest BCUT2D eigenvalue weighted by molar-refractivity contribution is 7.11. The lowest BCUT2D eigenvalue weighted by molar-refractivity contribution is -0.131. The van der Waals surface area contributed by atoms with Crippen LogP contribution in [0.1, 0.15) is 23.8 Å². The third kappa shape index (κ3) is 2.31. The van der Waals surface area contributed by atoms with Gasteiger partial charge in [-0.15, -0.1) is 16.3 Å². The number of hydrogen-bond acceptors (Lipinski definition) is 4. The van der Waals surface area contributed by atoms with Crippen LogP contribution in [0.2, 0.25) is 0 Å². The van der Waals surface area contributed by atoms with Crippen molar-refractivity contribution in [2.75, 3.05) is 0 Å². The Balaban J connectivity index is 1.93. The van der Waals surface area contributed by atoms with Crippen molar-refractivity contribution in [1.29, 1.82) is 0 Å². The molecule has 1 aliphatic heterocycles. The molecule has 1 aromatic carbocycles. The highest BCUT2D eigenvalue weighted by Crippen LogP contribution is 2.32. The number of nitrogens with zero attached hydrogens (tertiary/aromatic N) is 2. The number of amides is 3. The van der Waals surface area contributed by atoms with Crippen LogP contribution in [-0.2, 0) is 10.3 Å². The molecule has 1 atom stereocenters. The molecule has 5 nitrogen and oxygen atoms in total. The minimum atomic E-state index is -1.04. The lowest BCUT2D eigenvalue weighted by Gasteiger charge is -2.24. The Hall–Kier alpha value is -2.47. The Labute approximate surface area is 132 Å². The van der Waals surface area contributed by atoms with Gasteiger partial charge in [0, 0.05) is 4.88 Å². The van der Waals surface area contributed by atoms with Gasteiger partial charge in [-0.2, -0.15) is 5.10 Å². The van der Waals surface area contributed by atoms with Crippen LogP contribution in [0.25, 0.3) is 0 Å². The second-order valence-corrected chi connectivity index (χ2v) is 5.91. The molecular formula is C16H15N3O2S. The predicted octanol–water partition coefficient (Wildman–Crippen LogP) is 2.94. The molecule has 3 rings (SSSR count). The van der Waals surface area contributed by atoms with E-state index in [0.717, 1.165) is 15.4 Å². The summed E-state index contributed by atoms with van der Waals surface area (Å²) in [5.41, 5.74) is -0.268. The molecule has 1 N–H and O–H groups in total. The van der Waals surface area contributed by atoms with Gasteiger partial charge in [0.2, 0.25) is 0 Å². The summed E-state index contributed by atoms with van der Waals surface area (Å²) in [6.45, 7) is 1.87. The first-order valence-corrected chi connectivity index (χ1v) is 7.85. The molecular weight excluding hydrogens is 298 g/mol. The van der Waals surface area contributed by atoms with Gasteiger partial charge in [-0.1, -0.05) is 43.3 Å². The normalized spacial score (nSPS) is 21.6. The van der Waals surface area contributed by atoms with Gasteiger partial charge in [-0.25, -0.2) is 4.79 Å². The summed E-state index contributed by atoms with van der Waals surface area (Å²) in [5.74, 6) is -0.348. The van der Waals surface area contributed by atoms with E-state index in [1.807, 2.05) is 54.8 Å². The number of hydrogen-bond donors (Lipinski definition) is 1. The first kappa shape index (κ1) is 14.5. The first-order valence-electron chi connectivity index (χ1n) is 6.97. The van der Waals surface area contributed by atoms with E-state index in [9.17, 15) is 9.59 Å². The highest BCUT2D eigenvalue weighted by atomic mass is 32.1. The zero-order chi connectivity index (χ0) is 15.6. The Bertz CT molecular complexity index is 712. The van der Waals surface area contributed by atoms with Gasteiger partial charge >= 0.3 is 6.03 Å². The fraction of sp³-hybridized carbons (Fsp3) is 0.188. The number of hydrazone groups is 1.